The lowest BCUT2D eigenvalue weighted by Crippen LogP contribution is -2.08. The molecule has 5 nitrogen and oxygen atoms in total. The summed E-state index contributed by atoms with van der Waals surface area (Å²) in [6, 6.07) is 22.0. The maximum absolute atomic E-state index is 10.2. The minimum Gasteiger partial charge on any atom is -0.491 e. The van der Waals surface area contributed by atoms with E-state index in [-0.39, 0.29) is 11.1 Å². The first-order valence-electron chi connectivity index (χ1n) is 12.0. The summed E-state index contributed by atoms with van der Waals surface area (Å²) in [6.45, 7) is 7.21. The lowest BCUT2D eigenvalue weighted by molar-refractivity contribution is 0.275. The first-order chi connectivity index (χ1) is 17.5. The highest BCUT2D eigenvalue weighted by molar-refractivity contribution is 8.02. The Morgan fingerprint density at radius 2 is 1.42 bits per heavy atom. The van der Waals surface area contributed by atoms with Crippen molar-refractivity contribution in [3.05, 3.63) is 65.7 Å². The fourth-order valence-corrected chi connectivity index (χ4v) is 5.55. The molecule has 0 aliphatic rings. The zero-order valence-electron chi connectivity index (χ0n) is 20.9. The van der Waals surface area contributed by atoms with Crippen molar-refractivity contribution in [3.63, 3.8) is 0 Å². The Balaban J connectivity index is 2.29. The maximum atomic E-state index is 10.2. The third kappa shape index (κ3) is 6.91. The lowest BCUT2D eigenvalue weighted by atomic mass is 10.1. The number of unbranched alkanes of at least 4 members (excludes halogenated alkanes) is 1. The largest absolute Gasteiger partial charge is 0.491 e. The van der Waals surface area contributed by atoms with Gasteiger partial charge in [0.15, 0.2) is 11.5 Å². The number of para-hydroxylation sites is 1. The number of nitrogen functional groups attached to an aromatic ring is 1. The molecule has 0 aromatic heterocycles. The molecule has 7 heteroatoms. The molecule has 36 heavy (non-hydrogen) atoms. The molecule has 0 aliphatic carbocycles. The normalized spacial score (nSPS) is 10.6. The summed E-state index contributed by atoms with van der Waals surface area (Å²) in [4.78, 5) is 3.31. The molecule has 3 aromatic rings. The zero-order valence-corrected chi connectivity index (χ0v) is 22.5. The number of hydrogen-bond acceptors (Lipinski definition) is 7. The van der Waals surface area contributed by atoms with Crippen LogP contribution in [0.3, 0.4) is 0 Å². The van der Waals surface area contributed by atoms with Crippen molar-refractivity contribution >= 4 is 29.2 Å². The van der Waals surface area contributed by atoms with E-state index >= 15 is 0 Å². The molecular weight excluding hydrogens is 486 g/mol. The van der Waals surface area contributed by atoms with Crippen molar-refractivity contribution in [2.45, 2.75) is 59.6 Å². The van der Waals surface area contributed by atoms with Gasteiger partial charge in [-0.3, -0.25) is 0 Å². The molecule has 2 N–H and O–H groups in total. The van der Waals surface area contributed by atoms with Gasteiger partial charge in [-0.2, -0.15) is 10.5 Å². The van der Waals surface area contributed by atoms with E-state index < -0.39 is 0 Å². The van der Waals surface area contributed by atoms with Crippen LogP contribution in [0.25, 0.3) is 0 Å². The van der Waals surface area contributed by atoms with Gasteiger partial charge in [0.25, 0.3) is 0 Å². The van der Waals surface area contributed by atoms with Crippen molar-refractivity contribution < 1.29 is 9.47 Å². The second-order valence-electron chi connectivity index (χ2n) is 8.58. The van der Waals surface area contributed by atoms with Crippen LogP contribution >= 0.6 is 23.5 Å². The van der Waals surface area contributed by atoms with Crippen LogP contribution in [0.5, 0.6) is 11.5 Å². The third-order valence-electron chi connectivity index (χ3n) is 5.33. The van der Waals surface area contributed by atoms with Crippen molar-refractivity contribution in [1.82, 2.24) is 0 Å². The standard InChI is InChI=1S/C29H31N3O2S2/c1-4-5-16-33-27-23(19-31)22(18-30)26(34-17-15-20(2)3)28(35-21-11-7-6-8-12-21)29(27)36-25-14-10-9-13-24(25)32/h6-14,20H,4-5,15-17,32H2,1-3H3. The van der Waals surface area contributed by atoms with Gasteiger partial charge >= 0.3 is 0 Å². The molecule has 0 spiro atoms. The molecule has 3 aromatic carbocycles. The molecule has 0 unspecified atom stereocenters. The first-order valence-corrected chi connectivity index (χ1v) is 13.7. The van der Waals surface area contributed by atoms with Gasteiger partial charge in [-0.25, -0.2) is 0 Å². The van der Waals surface area contributed by atoms with E-state index in [1.54, 1.807) is 0 Å². The Hall–Kier alpha value is -3.26. The van der Waals surface area contributed by atoms with Crippen molar-refractivity contribution in [3.8, 4) is 23.6 Å². The molecule has 0 aliphatic heterocycles. The van der Waals surface area contributed by atoms with Gasteiger partial charge in [-0.05, 0) is 43.0 Å². The summed E-state index contributed by atoms with van der Waals surface area (Å²) >= 11 is 2.94. The number of anilines is 1. The number of benzene rings is 3. The lowest BCUT2D eigenvalue weighted by Gasteiger charge is -2.22. The number of hydrogen-bond donors (Lipinski definition) is 1. The van der Waals surface area contributed by atoms with Crippen LogP contribution in [0.15, 0.2) is 74.2 Å². The minimum atomic E-state index is 0.197. The number of nitrogens with two attached hydrogens (primary N) is 1. The predicted molar refractivity (Wildman–Crippen MR) is 147 cm³/mol. The fourth-order valence-electron chi connectivity index (χ4n) is 3.34. The van der Waals surface area contributed by atoms with E-state index in [1.165, 1.54) is 23.5 Å². The summed E-state index contributed by atoms with van der Waals surface area (Å²) < 4.78 is 12.5. The van der Waals surface area contributed by atoms with E-state index in [9.17, 15) is 10.5 Å². The van der Waals surface area contributed by atoms with Crippen LogP contribution in [0.1, 0.15) is 51.2 Å². The smallest absolute Gasteiger partial charge is 0.153 e. The van der Waals surface area contributed by atoms with Gasteiger partial charge in [0.2, 0.25) is 0 Å². The monoisotopic (exact) mass is 517 g/mol. The minimum absolute atomic E-state index is 0.197. The highest BCUT2D eigenvalue weighted by Gasteiger charge is 2.28. The molecule has 186 valence electrons. The molecular formula is C29H31N3O2S2. The van der Waals surface area contributed by atoms with Crippen molar-refractivity contribution in [2.24, 2.45) is 5.92 Å². The summed E-state index contributed by atoms with van der Waals surface area (Å²) in [5.74, 6) is 1.26. The first kappa shape index (κ1) is 27.3. The van der Waals surface area contributed by atoms with E-state index in [4.69, 9.17) is 15.2 Å². The Morgan fingerprint density at radius 3 is 2.00 bits per heavy atom. The van der Waals surface area contributed by atoms with E-state index in [1.807, 2.05) is 54.6 Å². The summed E-state index contributed by atoms with van der Waals surface area (Å²) in [5.41, 5.74) is 7.33. The number of nitrogens with zero attached hydrogens (tertiary/aromatic N) is 2. The maximum Gasteiger partial charge on any atom is 0.153 e. The second kappa shape index (κ2) is 13.7. The van der Waals surface area contributed by atoms with Gasteiger partial charge in [-0.1, -0.05) is 81.0 Å². The molecule has 0 heterocycles. The van der Waals surface area contributed by atoms with Crippen LogP contribution < -0.4 is 15.2 Å². The molecule has 3 rings (SSSR count). The van der Waals surface area contributed by atoms with E-state index in [0.29, 0.717) is 36.3 Å². The fraction of sp³-hybridized carbons (Fsp3) is 0.310. The van der Waals surface area contributed by atoms with Crippen LogP contribution in [0.2, 0.25) is 0 Å². The second-order valence-corrected chi connectivity index (χ2v) is 10.7. The SMILES string of the molecule is CCCCOc1c(C#N)c(C#N)c(OCCC(C)C)c(Sc2ccccc2)c1Sc1ccccc1N. The average molecular weight is 518 g/mol. The summed E-state index contributed by atoms with van der Waals surface area (Å²) in [7, 11) is 0. The number of nitriles is 2. The third-order valence-corrected chi connectivity index (χ3v) is 7.74. The van der Waals surface area contributed by atoms with Crippen molar-refractivity contribution in [2.75, 3.05) is 18.9 Å². The highest BCUT2D eigenvalue weighted by atomic mass is 32.2. The van der Waals surface area contributed by atoms with Gasteiger partial charge in [0, 0.05) is 15.5 Å². The molecule has 0 atom stereocenters. The molecule has 0 bridgehead atoms. The Morgan fingerprint density at radius 1 is 0.833 bits per heavy atom. The Labute approximate surface area is 222 Å². The molecule has 0 radical (unpaired) electrons. The number of ether oxygens (including phenoxy) is 2. The van der Waals surface area contributed by atoms with Crippen LogP contribution in [-0.2, 0) is 0 Å². The quantitative estimate of drug-likeness (QED) is 0.193. The number of rotatable bonds is 12. The molecule has 0 saturated heterocycles. The highest BCUT2D eigenvalue weighted by Crippen LogP contribution is 2.52. The van der Waals surface area contributed by atoms with Crippen LogP contribution in [-0.4, -0.2) is 13.2 Å². The van der Waals surface area contributed by atoms with Gasteiger partial charge in [0.05, 0.1) is 23.0 Å². The summed E-state index contributed by atoms with van der Waals surface area (Å²) in [5, 5.41) is 20.4. The molecule has 0 fully saturated rings. The summed E-state index contributed by atoms with van der Waals surface area (Å²) in [6.07, 6.45) is 2.60. The Bertz CT molecular complexity index is 1250. The topological polar surface area (TPSA) is 92.1 Å². The van der Waals surface area contributed by atoms with Crippen molar-refractivity contribution in [1.29, 1.82) is 10.5 Å². The van der Waals surface area contributed by atoms with Gasteiger partial charge in [0.1, 0.15) is 23.3 Å². The predicted octanol–water partition coefficient (Wildman–Crippen LogP) is 7.92. The van der Waals surface area contributed by atoms with Gasteiger partial charge in [-0.15, -0.1) is 0 Å². The van der Waals surface area contributed by atoms with Crippen LogP contribution in [0, 0.1) is 28.6 Å². The molecule has 0 saturated carbocycles. The van der Waals surface area contributed by atoms with E-state index in [0.717, 1.165) is 38.8 Å². The zero-order chi connectivity index (χ0) is 25.9. The Kier molecular flexibility index (Phi) is 10.4. The van der Waals surface area contributed by atoms with E-state index in [2.05, 4.69) is 32.9 Å². The van der Waals surface area contributed by atoms with Crippen LogP contribution in [0.4, 0.5) is 5.69 Å². The van der Waals surface area contributed by atoms with Gasteiger partial charge < -0.3 is 15.2 Å². The average Bonchev–Trinajstić information content (AvgIpc) is 2.88. The molecule has 0 amide bonds.